The molecule has 25 heavy (non-hydrogen) atoms. The molecule has 2 heterocycles. The van der Waals surface area contributed by atoms with Crippen LogP contribution in [0.2, 0.25) is 0 Å². The second-order valence-electron chi connectivity index (χ2n) is 6.26. The first-order valence-electron chi connectivity index (χ1n) is 8.70. The van der Waals surface area contributed by atoms with Gasteiger partial charge in [-0.15, -0.1) is 11.8 Å². The fourth-order valence-corrected chi connectivity index (χ4v) is 3.72. The van der Waals surface area contributed by atoms with E-state index in [2.05, 4.69) is 32.3 Å². The number of amides is 1. The lowest BCUT2D eigenvalue weighted by molar-refractivity contribution is -0.121. The molecule has 0 unspecified atom stereocenters. The number of anilines is 1. The van der Waals surface area contributed by atoms with Crippen molar-refractivity contribution in [3.8, 4) is 0 Å². The molecule has 1 aliphatic heterocycles. The van der Waals surface area contributed by atoms with Gasteiger partial charge in [0.05, 0.1) is 5.25 Å². The highest BCUT2D eigenvalue weighted by atomic mass is 32.2. The molecule has 1 fully saturated rings. The Morgan fingerprint density at radius 2 is 1.88 bits per heavy atom. The van der Waals surface area contributed by atoms with Crippen LogP contribution in [0, 0.1) is 0 Å². The third kappa shape index (κ3) is 5.19. The van der Waals surface area contributed by atoms with Crippen molar-refractivity contribution in [1.29, 1.82) is 0 Å². The lowest BCUT2D eigenvalue weighted by atomic mass is 10.1. The predicted molar refractivity (Wildman–Crippen MR) is 103 cm³/mol. The van der Waals surface area contributed by atoms with Crippen molar-refractivity contribution >= 4 is 23.6 Å². The number of nitrogens with zero attached hydrogens (tertiary/aromatic N) is 3. The first kappa shape index (κ1) is 17.7. The van der Waals surface area contributed by atoms with E-state index in [4.69, 9.17) is 0 Å². The number of piperidine rings is 1. The van der Waals surface area contributed by atoms with Crippen LogP contribution < -0.4 is 10.2 Å². The summed E-state index contributed by atoms with van der Waals surface area (Å²) in [4.78, 5) is 23.2. The zero-order valence-electron chi connectivity index (χ0n) is 14.5. The highest BCUT2D eigenvalue weighted by molar-refractivity contribution is 7.99. The van der Waals surface area contributed by atoms with Crippen molar-refractivity contribution in [2.45, 2.75) is 36.8 Å². The van der Waals surface area contributed by atoms with Gasteiger partial charge < -0.3 is 10.2 Å². The topological polar surface area (TPSA) is 58.1 Å². The van der Waals surface area contributed by atoms with Crippen molar-refractivity contribution in [3.63, 3.8) is 0 Å². The van der Waals surface area contributed by atoms with Crippen LogP contribution in [-0.2, 0) is 10.5 Å². The number of thioether (sulfide) groups is 1. The molecule has 3 rings (SSSR count). The lowest BCUT2D eigenvalue weighted by Crippen LogP contribution is -2.47. The standard InChI is InChI=1S/C19H24N4OS/c1-15(25-14-16-6-3-2-4-7-16)18(24)22-17-8-12-23(13-9-17)19-20-10-5-11-21-19/h2-7,10-11,15,17H,8-9,12-14H2,1H3,(H,22,24)/t15-/m0/s1. The molecule has 2 aromatic rings. The average Bonchev–Trinajstić information content (AvgIpc) is 2.68. The smallest absolute Gasteiger partial charge is 0.233 e. The van der Waals surface area contributed by atoms with Gasteiger partial charge in [-0.1, -0.05) is 30.3 Å². The first-order valence-corrected chi connectivity index (χ1v) is 9.75. The van der Waals surface area contributed by atoms with Crippen molar-refractivity contribution in [2.75, 3.05) is 18.0 Å². The molecular formula is C19H24N4OS. The normalized spacial score (nSPS) is 16.4. The van der Waals surface area contributed by atoms with Crippen LogP contribution in [0.15, 0.2) is 48.8 Å². The maximum Gasteiger partial charge on any atom is 0.233 e. The summed E-state index contributed by atoms with van der Waals surface area (Å²) in [6.45, 7) is 3.73. The van der Waals surface area contributed by atoms with Gasteiger partial charge in [0.15, 0.2) is 0 Å². The minimum atomic E-state index is -0.0457. The highest BCUT2D eigenvalue weighted by Gasteiger charge is 2.24. The Hall–Kier alpha value is -2.08. The van der Waals surface area contributed by atoms with Crippen molar-refractivity contribution in [3.05, 3.63) is 54.4 Å². The molecule has 1 atom stereocenters. The number of aromatic nitrogens is 2. The highest BCUT2D eigenvalue weighted by Crippen LogP contribution is 2.19. The van der Waals surface area contributed by atoms with E-state index >= 15 is 0 Å². The van der Waals surface area contributed by atoms with Gasteiger partial charge in [0.2, 0.25) is 11.9 Å². The molecule has 0 aliphatic carbocycles. The molecule has 1 aromatic heterocycles. The molecule has 1 amide bonds. The van der Waals surface area contributed by atoms with Crippen LogP contribution in [0.25, 0.3) is 0 Å². The molecule has 1 aliphatic rings. The third-order valence-electron chi connectivity index (χ3n) is 4.39. The number of nitrogens with one attached hydrogen (secondary N) is 1. The molecule has 1 N–H and O–H groups in total. The Morgan fingerprint density at radius 3 is 2.56 bits per heavy atom. The second-order valence-corrected chi connectivity index (χ2v) is 7.59. The fourth-order valence-electron chi connectivity index (χ4n) is 2.87. The Bertz CT molecular complexity index is 660. The summed E-state index contributed by atoms with van der Waals surface area (Å²) in [6.07, 6.45) is 5.39. The predicted octanol–water partition coefficient (Wildman–Crippen LogP) is 2.88. The summed E-state index contributed by atoms with van der Waals surface area (Å²) in [5.74, 6) is 1.77. The van der Waals surface area contributed by atoms with E-state index in [-0.39, 0.29) is 17.2 Å². The minimum Gasteiger partial charge on any atom is -0.352 e. The van der Waals surface area contributed by atoms with E-state index in [0.29, 0.717) is 0 Å². The fraction of sp³-hybridized carbons (Fsp3) is 0.421. The van der Waals surface area contributed by atoms with E-state index in [1.165, 1.54) is 5.56 Å². The van der Waals surface area contributed by atoms with Crippen LogP contribution in [0.1, 0.15) is 25.3 Å². The molecule has 132 valence electrons. The largest absolute Gasteiger partial charge is 0.352 e. The molecule has 6 heteroatoms. The van der Waals surface area contributed by atoms with E-state index in [1.807, 2.05) is 31.2 Å². The Kier molecular flexibility index (Phi) is 6.28. The van der Waals surface area contributed by atoms with Crippen LogP contribution in [-0.4, -0.2) is 40.3 Å². The summed E-state index contributed by atoms with van der Waals surface area (Å²) in [7, 11) is 0. The van der Waals surface area contributed by atoms with Gasteiger partial charge in [0.1, 0.15) is 0 Å². The molecular weight excluding hydrogens is 332 g/mol. The maximum atomic E-state index is 12.4. The molecule has 5 nitrogen and oxygen atoms in total. The van der Waals surface area contributed by atoms with E-state index < -0.39 is 0 Å². The first-order chi connectivity index (χ1) is 12.2. The SMILES string of the molecule is C[C@H](SCc1ccccc1)C(=O)NC1CCN(c2ncccn2)CC1. The van der Waals surface area contributed by atoms with Crippen molar-refractivity contribution in [2.24, 2.45) is 0 Å². The molecule has 1 aromatic carbocycles. The van der Waals surface area contributed by atoms with Gasteiger partial charge >= 0.3 is 0 Å². The number of rotatable bonds is 6. The molecule has 0 radical (unpaired) electrons. The zero-order chi connectivity index (χ0) is 17.5. The summed E-state index contributed by atoms with van der Waals surface area (Å²) in [5.41, 5.74) is 1.25. The molecule has 0 bridgehead atoms. The number of benzene rings is 1. The molecule has 0 saturated carbocycles. The number of hydrogen-bond donors (Lipinski definition) is 1. The maximum absolute atomic E-state index is 12.4. The van der Waals surface area contributed by atoms with Gasteiger partial charge in [-0.25, -0.2) is 9.97 Å². The van der Waals surface area contributed by atoms with E-state index in [1.54, 1.807) is 24.2 Å². The van der Waals surface area contributed by atoms with Gasteiger partial charge in [0.25, 0.3) is 0 Å². The molecule has 1 saturated heterocycles. The minimum absolute atomic E-state index is 0.0457. The Balaban J connectivity index is 1.41. The van der Waals surface area contributed by atoms with E-state index in [0.717, 1.165) is 37.6 Å². The van der Waals surface area contributed by atoms with Crippen molar-refractivity contribution in [1.82, 2.24) is 15.3 Å². The molecule has 0 spiro atoms. The monoisotopic (exact) mass is 356 g/mol. The second kappa shape index (κ2) is 8.85. The Labute approximate surface area is 153 Å². The number of carbonyl (C=O) groups excluding carboxylic acids is 1. The number of hydrogen-bond acceptors (Lipinski definition) is 5. The van der Waals surface area contributed by atoms with Crippen LogP contribution in [0.3, 0.4) is 0 Å². The van der Waals surface area contributed by atoms with Crippen LogP contribution in [0.4, 0.5) is 5.95 Å². The lowest BCUT2D eigenvalue weighted by Gasteiger charge is -2.32. The summed E-state index contributed by atoms with van der Waals surface area (Å²) in [6, 6.07) is 12.3. The summed E-state index contributed by atoms with van der Waals surface area (Å²) in [5, 5.41) is 3.15. The van der Waals surface area contributed by atoms with E-state index in [9.17, 15) is 4.79 Å². The summed E-state index contributed by atoms with van der Waals surface area (Å²) < 4.78 is 0. The van der Waals surface area contributed by atoms with Crippen molar-refractivity contribution < 1.29 is 4.79 Å². The van der Waals surface area contributed by atoms with Crippen LogP contribution in [0.5, 0.6) is 0 Å². The van der Waals surface area contributed by atoms with Gasteiger partial charge in [-0.2, -0.15) is 0 Å². The number of carbonyl (C=O) groups is 1. The average molecular weight is 356 g/mol. The van der Waals surface area contributed by atoms with Crippen LogP contribution >= 0.6 is 11.8 Å². The van der Waals surface area contributed by atoms with Gasteiger partial charge in [-0.3, -0.25) is 4.79 Å². The summed E-state index contributed by atoms with van der Waals surface area (Å²) >= 11 is 1.68. The quantitative estimate of drug-likeness (QED) is 0.862. The Morgan fingerprint density at radius 1 is 1.20 bits per heavy atom. The van der Waals surface area contributed by atoms with Gasteiger partial charge in [-0.05, 0) is 31.4 Å². The third-order valence-corrected chi connectivity index (χ3v) is 5.60. The van der Waals surface area contributed by atoms with Gasteiger partial charge in [0, 0.05) is 37.3 Å². The zero-order valence-corrected chi connectivity index (χ0v) is 15.3.